The molecule has 0 saturated carbocycles. The number of carbonyl (C=O) groups excluding carboxylic acids is 1. The van der Waals surface area contributed by atoms with Crippen molar-refractivity contribution in [2.75, 3.05) is 21.3 Å². The van der Waals surface area contributed by atoms with Gasteiger partial charge in [0.2, 0.25) is 5.91 Å². The lowest BCUT2D eigenvalue weighted by Crippen LogP contribution is -2.33. The molecule has 2 aromatic carbocycles. The van der Waals surface area contributed by atoms with Crippen molar-refractivity contribution >= 4 is 16.8 Å². The predicted molar refractivity (Wildman–Crippen MR) is 115 cm³/mol. The summed E-state index contributed by atoms with van der Waals surface area (Å²) in [4.78, 5) is 31.1. The van der Waals surface area contributed by atoms with Gasteiger partial charge in [0.25, 0.3) is 5.56 Å². The molecule has 0 bridgehead atoms. The summed E-state index contributed by atoms with van der Waals surface area (Å²) in [7, 11) is 5.13. The van der Waals surface area contributed by atoms with E-state index in [0.717, 1.165) is 11.1 Å². The van der Waals surface area contributed by atoms with Crippen LogP contribution in [0.25, 0.3) is 10.9 Å². The lowest BCUT2D eigenvalue weighted by Gasteiger charge is -2.21. The minimum Gasteiger partial charge on any atom is -0.493 e. The number of amides is 1. The number of ether oxygens (including phenoxy) is 2. The number of rotatable bonds is 8. The predicted octanol–water partition coefficient (Wildman–Crippen LogP) is 1.84. The zero-order chi connectivity index (χ0) is 21.8. The maximum Gasteiger partial charge on any atom is 0.261 e. The lowest BCUT2D eigenvalue weighted by molar-refractivity contribution is -0.118. The van der Waals surface area contributed by atoms with E-state index in [0.29, 0.717) is 41.3 Å². The van der Waals surface area contributed by atoms with Crippen molar-refractivity contribution in [2.45, 2.75) is 26.6 Å². The van der Waals surface area contributed by atoms with Crippen LogP contribution in [0.1, 0.15) is 17.0 Å². The molecule has 1 heterocycles. The first kappa shape index (κ1) is 21.3. The van der Waals surface area contributed by atoms with E-state index in [1.165, 1.54) is 4.57 Å². The van der Waals surface area contributed by atoms with E-state index in [1.807, 2.05) is 37.1 Å². The summed E-state index contributed by atoms with van der Waals surface area (Å²) < 4.78 is 12.1. The molecule has 30 heavy (non-hydrogen) atoms. The number of methoxy groups -OCH3 is 2. The van der Waals surface area contributed by atoms with Crippen LogP contribution in [0.5, 0.6) is 11.5 Å². The third-order valence-electron chi connectivity index (χ3n) is 4.95. The number of fused-ring (bicyclic) bond motifs is 1. The molecule has 0 fully saturated rings. The molecule has 158 valence electrons. The van der Waals surface area contributed by atoms with E-state index < -0.39 is 5.91 Å². The number of hydrogen-bond acceptors (Lipinski definition) is 6. The highest BCUT2D eigenvalue weighted by Crippen LogP contribution is 2.30. The van der Waals surface area contributed by atoms with Crippen molar-refractivity contribution in [3.8, 4) is 11.5 Å². The van der Waals surface area contributed by atoms with Gasteiger partial charge in [0, 0.05) is 6.54 Å². The number of primary amides is 1. The SMILES string of the molecule is COc1cc(C)c(CN(C)Cc2nc3ccccc3c(=O)n2CC(N)=O)cc1OC. The third-order valence-corrected chi connectivity index (χ3v) is 4.95. The quantitative estimate of drug-likeness (QED) is 0.608. The van der Waals surface area contributed by atoms with Crippen LogP contribution in [0, 0.1) is 6.92 Å². The lowest BCUT2D eigenvalue weighted by atomic mass is 10.1. The Morgan fingerprint density at radius 1 is 1.13 bits per heavy atom. The largest absolute Gasteiger partial charge is 0.493 e. The van der Waals surface area contributed by atoms with Gasteiger partial charge in [0.1, 0.15) is 12.4 Å². The molecule has 0 unspecified atom stereocenters. The van der Waals surface area contributed by atoms with Gasteiger partial charge in [-0.1, -0.05) is 12.1 Å². The summed E-state index contributed by atoms with van der Waals surface area (Å²) in [6, 6.07) is 10.9. The van der Waals surface area contributed by atoms with E-state index in [1.54, 1.807) is 32.4 Å². The first-order chi connectivity index (χ1) is 14.3. The molecule has 8 nitrogen and oxygen atoms in total. The van der Waals surface area contributed by atoms with Gasteiger partial charge in [-0.3, -0.25) is 19.1 Å². The van der Waals surface area contributed by atoms with Gasteiger partial charge in [-0.15, -0.1) is 0 Å². The van der Waals surface area contributed by atoms with Crippen molar-refractivity contribution in [1.82, 2.24) is 14.5 Å². The van der Waals surface area contributed by atoms with Gasteiger partial charge in [-0.25, -0.2) is 4.98 Å². The smallest absolute Gasteiger partial charge is 0.261 e. The summed E-state index contributed by atoms with van der Waals surface area (Å²) in [5.74, 6) is 1.22. The molecule has 2 N–H and O–H groups in total. The zero-order valence-corrected chi connectivity index (χ0v) is 17.6. The van der Waals surface area contributed by atoms with Gasteiger partial charge >= 0.3 is 0 Å². The molecule has 0 atom stereocenters. The van der Waals surface area contributed by atoms with Crippen molar-refractivity contribution in [1.29, 1.82) is 0 Å². The summed E-state index contributed by atoms with van der Waals surface area (Å²) >= 11 is 0. The minimum atomic E-state index is -0.589. The molecular weight excluding hydrogens is 384 g/mol. The van der Waals surface area contributed by atoms with Gasteiger partial charge < -0.3 is 15.2 Å². The van der Waals surface area contributed by atoms with Crippen LogP contribution in [0.3, 0.4) is 0 Å². The minimum absolute atomic E-state index is 0.213. The zero-order valence-electron chi connectivity index (χ0n) is 17.6. The molecule has 0 radical (unpaired) electrons. The molecule has 1 amide bonds. The summed E-state index contributed by atoms with van der Waals surface area (Å²) in [6.07, 6.45) is 0. The first-order valence-corrected chi connectivity index (χ1v) is 9.50. The standard InChI is InChI=1S/C22H26N4O4/c1-14-9-18(29-3)19(30-4)10-15(14)11-25(2)13-21-24-17-8-6-5-7-16(17)22(28)26(21)12-20(23)27/h5-10H,11-13H2,1-4H3,(H2,23,27). The summed E-state index contributed by atoms with van der Waals surface area (Å²) in [5, 5.41) is 0.459. The Balaban J connectivity index is 1.94. The molecule has 0 aliphatic heterocycles. The Morgan fingerprint density at radius 2 is 1.80 bits per heavy atom. The van der Waals surface area contributed by atoms with E-state index in [2.05, 4.69) is 4.98 Å². The Kier molecular flexibility index (Phi) is 6.37. The van der Waals surface area contributed by atoms with Crippen LogP contribution >= 0.6 is 0 Å². The first-order valence-electron chi connectivity index (χ1n) is 9.50. The maximum absolute atomic E-state index is 12.9. The number of nitrogens with zero attached hydrogens (tertiary/aromatic N) is 3. The molecule has 3 rings (SSSR count). The second kappa shape index (κ2) is 8.96. The van der Waals surface area contributed by atoms with Crippen molar-refractivity contribution < 1.29 is 14.3 Å². The fraction of sp³-hybridized carbons (Fsp3) is 0.318. The fourth-order valence-corrected chi connectivity index (χ4v) is 3.43. The number of aryl methyl sites for hydroxylation is 1. The number of nitrogens with two attached hydrogens (primary N) is 1. The Labute approximate surface area is 174 Å². The van der Waals surface area contributed by atoms with E-state index in [-0.39, 0.29) is 12.1 Å². The molecule has 0 saturated heterocycles. The third kappa shape index (κ3) is 4.44. The van der Waals surface area contributed by atoms with Gasteiger partial charge in [0.05, 0.1) is 31.7 Å². The molecule has 3 aromatic rings. The van der Waals surface area contributed by atoms with Gasteiger partial charge in [-0.2, -0.15) is 0 Å². The second-order valence-electron chi connectivity index (χ2n) is 7.21. The summed E-state index contributed by atoms with van der Waals surface area (Å²) in [5.41, 5.74) is 7.80. The van der Waals surface area contributed by atoms with E-state index in [4.69, 9.17) is 15.2 Å². The van der Waals surface area contributed by atoms with Gasteiger partial charge in [-0.05, 0) is 49.4 Å². The topological polar surface area (TPSA) is 99.7 Å². The van der Waals surface area contributed by atoms with Crippen molar-refractivity contribution in [3.05, 3.63) is 63.7 Å². The van der Waals surface area contributed by atoms with Crippen LogP contribution < -0.4 is 20.8 Å². The number of benzene rings is 2. The molecule has 0 spiro atoms. The molecule has 8 heteroatoms. The number of para-hydroxylation sites is 1. The van der Waals surface area contributed by atoms with E-state index >= 15 is 0 Å². The van der Waals surface area contributed by atoms with Crippen LogP contribution in [-0.4, -0.2) is 41.6 Å². The normalized spacial score (nSPS) is 11.1. The molecule has 0 aliphatic rings. The van der Waals surface area contributed by atoms with Crippen LogP contribution in [0.4, 0.5) is 0 Å². The fourth-order valence-electron chi connectivity index (χ4n) is 3.43. The highest BCUT2D eigenvalue weighted by atomic mass is 16.5. The van der Waals surface area contributed by atoms with Crippen LogP contribution in [0.15, 0.2) is 41.2 Å². The Hall–Kier alpha value is -3.39. The maximum atomic E-state index is 12.9. The Morgan fingerprint density at radius 3 is 2.47 bits per heavy atom. The molecule has 0 aliphatic carbocycles. The van der Waals surface area contributed by atoms with Gasteiger partial charge in [0.15, 0.2) is 11.5 Å². The highest BCUT2D eigenvalue weighted by Gasteiger charge is 2.16. The van der Waals surface area contributed by atoms with Crippen LogP contribution in [-0.2, 0) is 24.4 Å². The van der Waals surface area contributed by atoms with E-state index in [9.17, 15) is 9.59 Å². The molecular formula is C22H26N4O4. The Bertz CT molecular complexity index is 1140. The second-order valence-corrected chi connectivity index (χ2v) is 7.21. The number of carbonyl (C=O) groups is 1. The number of hydrogen-bond donors (Lipinski definition) is 1. The summed E-state index contributed by atoms with van der Waals surface area (Å²) in [6.45, 7) is 2.74. The number of aromatic nitrogens is 2. The van der Waals surface area contributed by atoms with Crippen molar-refractivity contribution in [2.24, 2.45) is 5.73 Å². The monoisotopic (exact) mass is 410 g/mol. The van der Waals surface area contributed by atoms with Crippen molar-refractivity contribution in [3.63, 3.8) is 0 Å². The highest BCUT2D eigenvalue weighted by molar-refractivity contribution is 5.78. The molecule has 1 aromatic heterocycles. The average Bonchev–Trinajstić information content (AvgIpc) is 2.71. The average molecular weight is 410 g/mol. The van der Waals surface area contributed by atoms with Crippen LogP contribution in [0.2, 0.25) is 0 Å².